The number of halogens is 1. The summed E-state index contributed by atoms with van der Waals surface area (Å²) in [7, 11) is 0. The van der Waals surface area contributed by atoms with Crippen molar-refractivity contribution in [3.8, 4) is 0 Å². The van der Waals surface area contributed by atoms with Gasteiger partial charge in [-0.3, -0.25) is 4.79 Å². The molecule has 2 rings (SSSR count). The molecule has 1 heterocycles. The Morgan fingerprint density at radius 1 is 1.50 bits per heavy atom. The molecule has 98 valence electrons. The summed E-state index contributed by atoms with van der Waals surface area (Å²) in [5, 5.41) is 2.89. The third-order valence-corrected chi connectivity index (χ3v) is 3.69. The quantitative estimate of drug-likeness (QED) is 0.842. The van der Waals surface area contributed by atoms with Crippen molar-refractivity contribution in [2.24, 2.45) is 0 Å². The number of ether oxygens (including phenoxy) is 1. The van der Waals surface area contributed by atoms with Crippen molar-refractivity contribution in [1.82, 2.24) is 5.32 Å². The predicted octanol–water partition coefficient (Wildman–Crippen LogP) is 2.33. The molecule has 1 fully saturated rings. The van der Waals surface area contributed by atoms with Crippen molar-refractivity contribution in [2.75, 3.05) is 18.9 Å². The van der Waals surface area contributed by atoms with Crippen LogP contribution in [0.5, 0.6) is 0 Å². The van der Waals surface area contributed by atoms with Crippen molar-refractivity contribution in [2.45, 2.75) is 25.4 Å². The van der Waals surface area contributed by atoms with Gasteiger partial charge in [0.15, 0.2) is 0 Å². The molecule has 0 saturated carbocycles. The number of nitrogen functional groups attached to an aromatic ring is 1. The van der Waals surface area contributed by atoms with Gasteiger partial charge in [-0.05, 0) is 53.4 Å². The average Bonchev–Trinajstić information content (AvgIpc) is 2.40. The van der Waals surface area contributed by atoms with Crippen LogP contribution in [0.3, 0.4) is 0 Å². The van der Waals surface area contributed by atoms with Crippen LogP contribution in [0, 0.1) is 0 Å². The van der Waals surface area contributed by atoms with Gasteiger partial charge in [0.2, 0.25) is 0 Å². The van der Waals surface area contributed by atoms with E-state index in [9.17, 15) is 4.79 Å². The third kappa shape index (κ3) is 3.46. The fraction of sp³-hybridized carbons (Fsp3) is 0.462. The number of benzene rings is 1. The normalized spacial score (nSPS) is 19.5. The van der Waals surface area contributed by atoms with E-state index in [2.05, 4.69) is 21.2 Å². The van der Waals surface area contributed by atoms with E-state index in [-0.39, 0.29) is 12.0 Å². The predicted molar refractivity (Wildman–Crippen MR) is 74.5 cm³/mol. The lowest BCUT2D eigenvalue weighted by Gasteiger charge is -2.22. The van der Waals surface area contributed by atoms with Crippen LogP contribution in [-0.4, -0.2) is 25.2 Å². The summed E-state index contributed by atoms with van der Waals surface area (Å²) in [5.74, 6) is -0.122. The molecule has 1 saturated heterocycles. The summed E-state index contributed by atoms with van der Waals surface area (Å²) >= 11 is 3.35. The van der Waals surface area contributed by atoms with E-state index in [0.29, 0.717) is 17.8 Å². The summed E-state index contributed by atoms with van der Waals surface area (Å²) in [5.41, 5.74) is 6.82. The molecule has 0 aliphatic carbocycles. The second-order valence-corrected chi connectivity index (χ2v) is 5.29. The van der Waals surface area contributed by atoms with Crippen LogP contribution >= 0.6 is 15.9 Å². The number of rotatable bonds is 3. The SMILES string of the molecule is Nc1ccc(Br)c(C(=O)NCC2CCCCO2)c1. The van der Waals surface area contributed by atoms with Gasteiger partial charge in [0.1, 0.15) is 0 Å². The fourth-order valence-corrected chi connectivity index (χ4v) is 2.41. The molecule has 1 atom stereocenters. The first-order valence-corrected chi connectivity index (χ1v) is 6.91. The maximum atomic E-state index is 12.0. The van der Waals surface area contributed by atoms with Crippen LogP contribution in [-0.2, 0) is 4.74 Å². The van der Waals surface area contributed by atoms with Crippen molar-refractivity contribution in [3.05, 3.63) is 28.2 Å². The van der Waals surface area contributed by atoms with Crippen molar-refractivity contribution in [3.63, 3.8) is 0 Å². The summed E-state index contributed by atoms with van der Waals surface area (Å²) in [6, 6.07) is 5.20. The summed E-state index contributed by atoms with van der Waals surface area (Å²) in [6.45, 7) is 1.35. The Labute approximate surface area is 115 Å². The van der Waals surface area contributed by atoms with Crippen LogP contribution in [0.25, 0.3) is 0 Å². The number of hydrogen-bond donors (Lipinski definition) is 2. The molecule has 1 aromatic rings. The molecule has 0 aromatic heterocycles. The van der Waals surface area contributed by atoms with Gasteiger partial charge in [-0.25, -0.2) is 0 Å². The number of hydrogen-bond acceptors (Lipinski definition) is 3. The summed E-state index contributed by atoms with van der Waals surface area (Å²) in [6.07, 6.45) is 3.44. The molecular formula is C13H17BrN2O2. The lowest BCUT2D eigenvalue weighted by molar-refractivity contribution is 0.0169. The molecule has 1 aromatic carbocycles. The first-order valence-electron chi connectivity index (χ1n) is 6.11. The smallest absolute Gasteiger partial charge is 0.252 e. The molecule has 3 N–H and O–H groups in total. The van der Waals surface area contributed by atoms with Crippen molar-refractivity contribution in [1.29, 1.82) is 0 Å². The summed E-state index contributed by atoms with van der Waals surface area (Å²) in [4.78, 5) is 12.0. The Bertz CT molecular complexity index is 431. The highest BCUT2D eigenvalue weighted by molar-refractivity contribution is 9.10. The van der Waals surface area contributed by atoms with Gasteiger partial charge < -0.3 is 15.8 Å². The van der Waals surface area contributed by atoms with Gasteiger partial charge in [-0.1, -0.05) is 0 Å². The number of anilines is 1. The highest BCUT2D eigenvalue weighted by Crippen LogP contribution is 2.19. The van der Waals surface area contributed by atoms with Crippen LogP contribution < -0.4 is 11.1 Å². The van der Waals surface area contributed by atoms with Crippen LogP contribution in [0.4, 0.5) is 5.69 Å². The van der Waals surface area contributed by atoms with Crippen molar-refractivity contribution >= 4 is 27.5 Å². The first-order chi connectivity index (χ1) is 8.66. The second-order valence-electron chi connectivity index (χ2n) is 4.44. The molecular weight excluding hydrogens is 296 g/mol. The fourth-order valence-electron chi connectivity index (χ4n) is 1.99. The van der Waals surface area contributed by atoms with Crippen molar-refractivity contribution < 1.29 is 9.53 Å². The highest BCUT2D eigenvalue weighted by atomic mass is 79.9. The molecule has 5 heteroatoms. The zero-order valence-corrected chi connectivity index (χ0v) is 11.7. The molecule has 0 radical (unpaired) electrons. The number of nitrogens with two attached hydrogens (primary N) is 1. The Morgan fingerprint density at radius 2 is 2.33 bits per heavy atom. The standard InChI is InChI=1S/C13H17BrN2O2/c14-12-5-4-9(15)7-11(12)13(17)16-8-10-3-1-2-6-18-10/h4-5,7,10H,1-3,6,8,15H2,(H,16,17). The number of nitrogens with one attached hydrogen (secondary N) is 1. The topological polar surface area (TPSA) is 64.4 Å². The minimum absolute atomic E-state index is 0.122. The zero-order valence-electron chi connectivity index (χ0n) is 10.1. The number of carbonyl (C=O) groups is 1. The maximum Gasteiger partial charge on any atom is 0.252 e. The van der Waals surface area contributed by atoms with E-state index < -0.39 is 0 Å². The van der Waals surface area contributed by atoms with Gasteiger partial charge >= 0.3 is 0 Å². The Balaban J connectivity index is 1.92. The lowest BCUT2D eigenvalue weighted by atomic mass is 10.1. The Kier molecular flexibility index (Phi) is 4.60. The zero-order chi connectivity index (χ0) is 13.0. The Morgan fingerprint density at radius 3 is 3.06 bits per heavy atom. The largest absolute Gasteiger partial charge is 0.399 e. The molecule has 0 spiro atoms. The van der Waals surface area contributed by atoms with Crippen LogP contribution in [0.1, 0.15) is 29.6 Å². The van der Waals surface area contributed by atoms with E-state index in [4.69, 9.17) is 10.5 Å². The average molecular weight is 313 g/mol. The van der Waals surface area contributed by atoms with E-state index in [1.54, 1.807) is 18.2 Å². The molecule has 1 amide bonds. The van der Waals surface area contributed by atoms with E-state index in [0.717, 1.165) is 23.9 Å². The van der Waals surface area contributed by atoms with Gasteiger partial charge in [-0.2, -0.15) is 0 Å². The third-order valence-electron chi connectivity index (χ3n) is 3.00. The van der Waals surface area contributed by atoms with Gasteiger partial charge in [0.05, 0.1) is 11.7 Å². The van der Waals surface area contributed by atoms with E-state index in [1.807, 2.05) is 0 Å². The molecule has 4 nitrogen and oxygen atoms in total. The van der Waals surface area contributed by atoms with Gasteiger partial charge in [0, 0.05) is 23.3 Å². The molecule has 0 bridgehead atoms. The molecule has 18 heavy (non-hydrogen) atoms. The van der Waals surface area contributed by atoms with E-state index >= 15 is 0 Å². The van der Waals surface area contributed by atoms with Crippen LogP contribution in [0.2, 0.25) is 0 Å². The first kappa shape index (κ1) is 13.4. The number of carbonyl (C=O) groups excluding carboxylic acids is 1. The number of amides is 1. The lowest BCUT2D eigenvalue weighted by Crippen LogP contribution is -2.35. The summed E-state index contributed by atoms with van der Waals surface area (Å²) < 4.78 is 6.32. The monoisotopic (exact) mass is 312 g/mol. The second kappa shape index (κ2) is 6.20. The molecule has 1 aliphatic rings. The van der Waals surface area contributed by atoms with Gasteiger partial charge in [0.25, 0.3) is 5.91 Å². The maximum absolute atomic E-state index is 12.0. The molecule has 1 aliphatic heterocycles. The van der Waals surface area contributed by atoms with Gasteiger partial charge in [-0.15, -0.1) is 0 Å². The Hall–Kier alpha value is -1.07. The minimum Gasteiger partial charge on any atom is -0.399 e. The van der Waals surface area contributed by atoms with E-state index in [1.165, 1.54) is 6.42 Å². The minimum atomic E-state index is -0.122. The molecule has 1 unspecified atom stereocenters. The highest BCUT2D eigenvalue weighted by Gasteiger charge is 2.16. The van der Waals surface area contributed by atoms with Crippen LogP contribution in [0.15, 0.2) is 22.7 Å².